The Balaban J connectivity index is 1.60. The maximum absolute atomic E-state index is 10.9. The van der Waals surface area contributed by atoms with Crippen molar-refractivity contribution in [1.82, 2.24) is 15.2 Å². The largest absolute Gasteiger partial charge is 0.477 e. The first-order valence-corrected chi connectivity index (χ1v) is 6.91. The van der Waals surface area contributed by atoms with E-state index in [4.69, 9.17) is 5.11 Å². The molecule has 19 heavy (non-hydrogen) atoms. The van der Waals surface area contributed by atoms with Crippen LogP contribution < -0.4 is 5.32 Å². The van der Waals surface area contributed by atoms with E-state index < -0.39 is 5.97 Å². The lowest BCUT2D eigenvalue weighted by Gasteiger charge is -2.21. The summed E-state index contributed by atoms with van der Waals surface area (Å²) in [6.45, 7) is 3.07. The number of aromatic carboxylic acids is 1. The second kappa shape index (κ2) is 5.27. The van der Waals surface area contributed by atoms with Gasteiger partial charge in [-0.25, -0.2) is 9.78 Å². The second-order valence-electron chi connectivity index (χ2n) is 5.34. The summed E-state index contributed by atoms with van der Waals surface area (Å²) in [5, 5.41) is 12.5. The molecule has 2 saturated heterocycles. The molecule has 0 amide bonds. The Kier molecular flexibility index (Phi) is 3.48. The normalized spacial score (nSPS) is 26.5. The number of aromatic nitrogens is 1. The molecule has 2 N–H and O–H groups in total. The fraction of sp³-hybridized carbons (Fsp3) is 0.571. The summed E-state index contributed by atoms with van der Waals surface area (Å²) in [6.07, 6.45) is 3.76. The zero-order valence-electron chi connectivity index (χ0n) is 10.9. The first kappa shape index (κ1) is 12.6. The molecule has 0 aromatic carbocycles. The quantitative estimate of drug-likeness (QED) is 0.850. The van der Waals surface area contributed by atoms with Crippen molar-refractivity contribution in [3.63, 3.8) is 0 Å². The first-order valence-electron chi connectivity index (χ1n) is 6.91. The van der Waals surface area contributed by atoms with Gasteiger partial charge in [0.1, 0.15) is 5.69 Å². The van der Waals surface area contributed by atoms with Gasteiger partial charge in [0.15, 0.2) is 0 Å². The number of nitrogens with one attached hydrogen (secondary N) is 1. The minimum absolute atomic E-state index is 0.119. The van der Waals surface area contributed by atoms with E-state index in [1.165, 1.54) is 38.4 Å². The Morgan fingerprint density at radius 2 is 2.32 bits per heavy atom. The molecule has 0 bridgehead atoms. The lowest BCUT2D eigenvalue weighted by molar-refractivity contribution is 0.0690. The van der Waals surface area contributed by atoms with Gasteiger partial charge in [0.25, 0.3) is 0 Å². The van der Waals surface area contributed by atoms with Crippen molar-refractivity contribution in [2.24, 2.45) is 0 Å². The fourth-order valence-electron chi connectivity index (χ4n) is 3.25. The van der Waals surface area contributed by atoms with Crippen molar-refractivity contribution in [2.45, 2.75) is 37.9 Å². The summed E-state index contributed by atoms with van der Waals surface area (Å²) in [6, 6.07) is 6.35. The van der Waals surface area contributed by atoms with Gasteiger partial charge in [-0.15, -0.1) is 0 Å². The maximum Gasteiger partial charge on any atom is 0.354 e. The van der Waals surface area contributed by atoms with Crippen molar-refractivity contribution in [3.8, 4) is 0 Å². The van der Waals surface area contributed by atoms with Crippen molar-refractivity contribution in [2.75, 3.05) is 13.1 Å². The number of carboxylic acid groups (broad SMARTS) is 1. The van der Waals surface area contributed by atoms with Crippen LogP contribution >= 0.6 is 0 Å². The predicted octanol–water partition coefficient (Wildman–Crippen LogP) is 1.11. The summed E-state index contributed by atoms with van der Waals surface area (Å²) in [5.74, 6) is -0.968. The number of carboxylic acids is 1. The van der Waals surface area contributed by atoms with Crippen molar-refractivity contribution in [1.29, 1.82) is 0 Å². The number of hydrogen-bond donors (Lipinski definition) is 2. The van der Waals surface area contributed by atoms with Crippen molar-refractivity contribution < 1.29 is 9.90 Å². The van der Waals surface area contributed by atoms with Crippen LogP contribution in [0.5, 0.6) is 0 Å². The van der Waals surface area contributed by atoms with Crippen LogP contribution in [0.1, 0.15) is 35.4 Å². The summed E-state index contributed by atoms with van der Waals surface area (Å²) < 4.78 is 0. The molecule has 2 atom stereocenters. The van der Waals surface area contributed by atoms with Crippen LogP contribution in [0.25, 0.3) is 0 Å². The lowest BCUT2D eigenvalue weighted by Crippen LogP contribution is -2.38. The molecule has 102 valence electrons. The van der Waals surface area contributed by atoms with Gasteiger partial charge in [-0.2, -0.15) is 0 Å². The van der Waals surface area contributed by atoms with Crippen LogP contribution in [0.15, 0.2) is 18.2 Å². The molecule has 3 heterocycles. The number of nitrogens with zero attached hydrogens (tertiary/aromatic N) is 2. The number of pyridine rings is 1. The van der Waals surface area contributed by atoms with E-state index in [0.717, 1.165) is 5.69 Å². The van der Waals surface area contributed by atoms with Gasteiger partial charge in [0.05, 0.1) is 5.69 Å². The van der Waals surface area contributed by atoms with Gasteiger partial charge in [-0.05, 0) is 37.9 Å². The van der Waals surface area contributed by atoms with Crippen molar-refractivity contribution in [3.05, 3.63) is 29.6 Å². The third kappa shape index (κ3) is 2.62. The molecule has 0 aliphatic carbocycles. The fourth-order valence-corrected chi connectivity index (χ4v) is 3.25. The molecule has 1 aromatic heterocycles. The Bertz CT molecular complexity index is 478. The van der Waals surface area contributed by atoms with E-state index in [9.17, 15) is 4.79 Å². The van der Waals surface area contributed by atoms with E-state index >= 15 is 0 Å². The highest BCUT2D eigenvalue weighted by Crippen LogP contribution is 2.27. The minimum atomic E-state index is -0.968. The molecule has 2 aliphatic heterocycles. The van der Waals surface area contributed by atoms with Gasteiger partial charge >= 0.3 is 5.97 Å². The van der Waals surface area contributed by atoms with Crippen molar-refractivity contribution >= 4 is 5.97 Å². The molecule has 0 spiro atoms. The molecule has 5 nitrogen and oxygen atoms in total. The summed E-state index contributed by atoms with van der Waals surface area (Å²) in [4.78, 5) is 17.6. The van der Waals surface area contributed by atoms with Crippen LogP contribution in [0.4, 0.5) is 0 Å². The Hall–Kier alpha value is -1.46. The molecule has 5 heteroatoms. The van der Waals surface area contributed by atoms with E-state index in [1.807, 2.05) is 6.07 Å². The Morgan fingerprint density at radius 3 is 3.16 bits per heavy atom. The van der Waals surface area contributed by atoms with Gasteiger partial charge in [0.2, 0.25) is 0 Å². The summed E-state index contributed by atoms with van der Waals surface area (Å²) in [5.41, 5.74) is 0.921. The first-order chi connectivity index (χ1) is 9.24. The van der Waals surface area contributed by atoms with Crippen LogP contribution in [0.3, 0.4) is 0 Å². The third-order valence-corrected chi connectivity index (χ3v) is 4.18. The van der Waals surface area contributed by atoms with Crippen LogP contribution in [-0.2, 0) is 6.54 Å². The second-order valence-corrected chi connectivity index (χ2v) is 5.34. The van der Waals surface area contributed by atoms with E-state index in [1.54, 1.807) is 6.07 Å². The van der Waals surface area contributed by atoms with E-state index in [-0.39, 0.29) is 5.69 Å². The molecular weight excluding hydrogens is 242 g/mol. The molecule has 1 aromatic rings. The van der Waals surface area contributed by atoms with Gasteiger partial charge in [-0.3, -0.25) is 4.90 Å². The van der Waals surface area contributed by atoms with E-state index in [2.05, 4.69) is 15.2 Å². The number of fused-ring (bicyclic) bond motifs is 1. The monoisotopic (exact) mass is 261 g/mol. The number of rotatable bonds is 4. The predicted molar refractivity (Wildman–Crippen MR) is 71.0 cm³/mol. The molecule has 2 unspecified atom stereocenters. The molecular formula is C14H19N3O2. The highest BCUT2D eigenvalue weighted by Gasteiger charge is 2.36. The molecule has 3 rings (SSSR count). The highest BCUT2D eigenvalue weighted by atomic mass is 16.4. The molecule has 2 fully saturated rings. The van der Waals surface area contributed by atoms with Crippen LogP contribution in [0, 0.1) is 0 Å². The minimum Gasteiger partial charge on any atom is -0.477 e. The third-order valence-electron chi connectivity index (χ3n) is 4.18. The Morgan fingerprint density at radius 1 is 1.42 bits per heavy atom. The maximum atomic E-state index is 10.9. The SMILES string of the molecule is O=C(O)c1cccc(CNC2CCN3CCCC23)n1. The molecule has 2 aliphatic rings. The average molecular weight is 261 g/mol. The zero-order valence-corrected chi connectivity index (χ0v) is 10.9. The Labute approximate surface area is 112 Å². The van der Waals surface area contributed by atoms with Gasteiger partial charge < -0.3 is 10.4 Å². The molecule has 0 saturated carbocycles. The van der Waals surface area contributed by atoms with Crippen LogP contribution in [0.2, 0.25) is 0 Å². The smallest absolute Gasteiger partial charge is 0.354 e. The standard InChI is InChI=1S/C14H19N3O2/c18-14(19)12-4-1-3-10(16-12)9-15-11-6-8-17-7-2-5-13(11)17/h1,3-4,11,13,15H,2,5-9H2,(H,18,19). The number of hydrogen-bond acceptors (Lipinski definition) is 4. The highest BCUT2D eigenvalue weighted by molar-refractivity contribution is 5.85. The average Bonchev–Trinajstić information content (AvgIpc) is 3.00. The molecule has 0 radical (unpaired) electrons. The topological polar surface area (TPSA) is 65.5 Å². The van der Waals surface area contributed by atoms with Crippen LogP contribution in [-0.4, -0.2) is 46.1 Å². The van der Waals surface area contributed by atoms with Gasteiger partial charge in [-0.1, -0.05) is 6.07 Å². The summed E-state index contributed by atoms with van der Waals surface area (Å²) in [7, 11) is 0. The summed E-state index contributed by atoms with van der Waals surface area (Å²) >= 11 is 0. The van der Waals surface area contributed by atoms with Gasteiger partial charge in [0, 0.05) is 25.2 Å². The lowest BCUT2D eigenvalue weighted by atomic mass is 10.1. The van der Waals surface area contributed by atoms with E-state index in [0.29, 0.717) is 18.6 Å². The zero-order chi connectivity index (χ0) is 13.2. The number of carbonyl (C=O) groups is 1.